The predicted molar refractivity (Wildman–Crippen MR) is 66.9 cm³/mol. The van der Waals surface area contributed by atoms with Crippen LogP contribution in [0.3, 0.4) is 0 Å². The summed E-state index contributed by atoms with van der Waals surface area (Å²) in [4.78, 5) is 0. The van der Waals surface area contributed by atoms with Gasteiger partial charge in [0.15, 0.2) is 0 Å². The number of hydrogen-bond acceptors (Lipinski definition) is 1. The van der Waals surface area contributed by atoms with Crippen molar-refractivity contribution in [1.82, 2.24) is 0 Å². The second kappa shape index (κ2) is 4.63. The first kappa shape index (κ1) is 11.1. The second-order valence-corrected chi connectivity index (χ2v) is 4.96. The van der Waals surface area contributed by atoms with Crippen LogP contribution < -0.4 is 5.32 Å². The van der Waals surface area contributed by atoms with Gasteiger partial charge in [-0.15, -0.1) is 0 Å². The maximum absolute atomic E-state index is 6.11. The molecule has 0 saturated heterocycles. The van der Waals surface area contributed by atoms with Crippen LogP contribution in [-0.2, 0) is 0 Å². The molecule has 1 aromatic carbocycles. The molecule has 1 fully saturated rings. The van der Waals surface area contributed by atoms with E-state index in [0.29, 0.717) is 16.1 Å². The number of rotatable bonds is 4. The summed E-state index contributed by atoms with van der Waals surface area (Å²) in [6.45, 7) is 2.21. The van der Waals surface area contributed by atoms with Crippen molar-refractivity contribution in [2.75, 3.05) is 5.32 Å². The highest BCUT2D eigenvalue weighted by atomic mass is 35.5. The standard InChI is InChI=1S/C12H15Cl2N/c1-2-11(8-3-4-8)15-12-6-5-9(13)7-10(12)14/h5-8,11,15H,2-4H2,1H3. The summed E-state index contributed by atoms with van der Waals surface area (Å²) < 4.78 is 0. The van der Waals surface area contributed by atoms with E-state index in [4.69, 9.17) is 23.2 Å². The van der Waals surface area contributed by atoms with Crippen molar-refractivity contribution in [3.63, 3.8) is 0 Å². The molecule has 0 heterocycles. The Balaban J connectivity index is 2.08. The minimum Gasteiger partial charge on any atom is -0.381 e. The summed E-state index contributed by atoms with van der Waals surface area (Å²) in [5.41, 5.74) is 1.000. The summed E-state index contributed by atoms with van der Waals surface area (Å²) in [6.07, 6.45) is 3.83. The quantitative estimate of drug-likeness (QED) is 0.816. The number of hydrogen-bond donors (Lipinski definition) is 1. The molecule has 1 saturated carbocycles. The van der Waals surface area contributed by atoms with Crippen molar-refractivity contribution in [1.29, 1.82) is 0 Å². The molecule has 15 heavy (non-hydrogen) atoms. The Morgan fingerprint density at radius 2 is 2.13 bits per heavy atom. The monoisotopic (exact) mass is 243 g/mol. The van der Waals surface area contributed by atoms with E-state index in [2.05, 4.69) is 12.2 Å². The van der Waals surface area contributed by atoms with Gasteiger partial charge >= 0.3 is 0 Å². The lowest BCUT2D eigenvalue weighted by atomic mass is 10.1. The van der Waals surface area contributed by atoms with Crippen LogP contribution in [0.4, 0.5) is 5.69 Å². The maximum atomic E-state index is 6.11. The Morgan fingerprint density at radius 3 is 2.67 bits per heavy atom. The molecule has 1 aromatic rings. The van der Waals surface area contributed by atoms with E-state index >= 15 is 0 Å². The van der Waals surface area contributed by atoms with E-state index < -0.39 is 0 Å². The van der Waals surface area contributed by atoms with Gasteiger partial charge < -0.3 is 5.32 Å². The SMILES string of the molecule is CCC(Nc1ccc(Cl)cc1Cl)C1CC1. The van der Waals surface area contributed by atoms with E-state index in [-0.39, 0.29) is 0 Å². The zero-order valence-electron chi connectivity index (χ0n) is 8.76. The number of nitrogens with one attached hydrogen (secondary N) is 1. The molecule has 0 aromatic heterocycles. The molecule has 82 valence electrons. The molecule has 1 atom stereocenters. The largest absolute Gasteiger partial charge is 0.381 e. The average molecular weight is 244 g/mol. The third-order valence-electron chi connectivity index (χ3n) is 2.90. The van der Waals surface area contributed by atoms with Crippen LogP contribution >= 0.6 is 23.2 Å². The van der Waals surface area contributed by atoms with E-state index in [0.717, 1.165) is 18.0 Å². The van der Waals surface area contributed by atoms with Gasteiger partial charge in [-0.3, -0.25) is 0 Å². The molecule has 1 aliphatic carbocycles. The van der Waals surface area contributed by atoms with Crippen molar-refractivity contribution in [3.05, 3.63) is 28.2 Å². The first-order chi connectivity index (χ1) is 7.20. The number of benzene rings is 1. The fourth-order valence-electron chi connectivity index (χ4n) is 1.86. The summed E-state index contributed by atoms with van der Waals surface area (Å²) in [6, 6.07) is 6.17. The van der Waals surface area contributed by atoms with E-state index in [1.807, 2.05) is 12.1 Å². The molecule has 1 N–H and O–H groups in total. The first-order valence-electron chi connectivity index (χ1n) is 5.42. The van der Waals surface area contributed by atoms with Crippen LogP contribution in [0, 0.1) is 5.92 Å². The van der Waals surface area contributed by atoms with Crippen molar-refractivity contribution in [2.24, 2.45) is 5.92 Å². The first-order valence-corrected chi connectivity index (χ1v) is 6.18. The Labute approximate surface area is 101 Å². The Bertz CT molecular complexity index is 347. The molecular weight excluding hydrogens is 229 g/mol. The second-order valence-electron chi connectivity index (χ2n) is 4.12. The van der Waals surface area contributed by atoms with Gasteiger partial charge in [0.1, 0.15) is 0 Å². The van der Waals surface area contributed by atoms with Crippen molar-refractivity contribution >= 4 is 28.9 Å². The van der Waals surface area contributed by atoms with Crippen LogP contribution in [0.2, 0.25) is 10.0 Å². The van der Waals surface area contributed by atoms with Gasteiger partial charge in [0.05, 0.1) is 10.7 Å². The highest BCUT2D eigenvalue weighted by molar-refractivity contribution is 6.36. The molecule has 0 bridgehead atoms. The molecule has 0 spiro atoms. The molecule has 1 nitrogen and oxygen atoms in total. The number of anilines is 1. The smallest absolute Gasteiger partial charge is 0.0652 e. The minimum absolute atomic E-state index is 0.559. The normalized spacial score (nSPS) is 17.5. The van der Waals surface area contributed by atoms with Gasteiger partial charge in [0.2, 0.25) is 0 Å². The van der Waals surface area contributed by atoms with Crippen molar-refractivity contribution in [3.8, 4) is 0 Å². The average Bonchev–Trinajstić information content (AvgIpc) is 3.00. The van der Waals surface area contributed by atoms with Gasteiger partial charge in [0.25, 0.3) is 0 Å². The van der Waals surface area contributed by atoms with Crippen molar-refractivity contribution in [2.45, 2.75) is 32.2 Å². The summed E-state index contributed by atoms with van der Waals surface area (Å²) >= 11 is 12.0. The molecular formula is C12H15Cl2N. The van der Waals surface area contributed by atoms with E-state index in [1.165, 1.54) is 12.8 Å². The third-order valence-corrected chi connectivity index (χ3v) is 3.45. The fourth-order valence-corrected chi connectivity index (χ4v) is 2.32. The molecule has 1 unspecified atom stereocenters. The van der Waals surface area contributed by atoms with Crippen LogP contribution in [0.25, 0.3) is 0 Å². The van der Waals surface area contributed by atoms with Crippen LogP contribution in [0.15, 0.2) is 18.2 Å². The molecule has 0 aliphatic heterocycles. The van der Waals surface area contributed by atoms with Gasteiger partial charge in [-0.2, -0.15) is 0 Å². The lowest BCUT2D eigenvalue weighted by molar-refractivity contribution is 0.616. The molecule has 0 amide bonds. The maximum Gasteiger partial charge on any atom is 0.0652 e. The molecule has 2 rings (SSSR count). The number of halogens is 2. The Morgan fingerprint density at radius 1 is 1.40 bits per heavy atom. The lowest BCUT2D eigenvalue weighted by Gasteiger charge is -2.18. The molecule has 0 radical (unpaired) electrons. The summed E-state index contributed by atoms with van der Waals surface area (Å²) in [7, 11) is 0. The van der Waals surface area contributed by atoms with Crippen LogP contribution in [0.1, 0.15) is 26.2 Å². The molecule has 1 aliphatic rings. The van der Waals surface area contributed by atoms with Gasteiger partial charge in [0, 0.05) is 11.1 Å². The third kappa shape index (κ3) is 2.79. The topological polar surface area (TPSA) is 12.0 Å². The Kier molecular flexibility index (Phi) is 3.42. The zero-order valence-corrected chi connectivity index (χ0v) is 10.3. The molecule has 3 heteroatoms. The summed E-state index contributed by atoms with van der Waals surface area (Å²) in [5, 5.41) is 4.89. The van der Waals surface area contributed by atoms with Gasteiger partial charge in [-0.25, -0.2) is 0 Å². The van der Waals surface area contributed by atoms with Crippen molar-refractivity contribution < 1.29 is 0 Å². The lowest BCUT2D eigenvalue weighted by Crippen LogP contribution is -2.20. The zero-order chi connectivity index (χ0) is 10.8. The minimum atomic E-state index is 0.559. The highest BCUT2D eigenvalue weighted by Crippen LogP contribution is 2.37. The van der Waals surface area contributed by atoms with E-state index in [9.17, 15) is 0 Å². The highest BCUT2D eigenvalue weighted by Gasteiger charge is 2.30. The van der Waals surface area contributed by atoms with Crippen LogP contribution in [-0.4, -0.2) is 6.04 Å². The fraction of sp³-hybridized carbons (Fsp3) is 0.500. The van der Waals surface area contributed by atoms with Gasteiger partial charge in [-0.1, -0.05) is 30.1 Å². The van der Waals surface area contributed by atoms with Crippen LogP contribution in [0.5, 0.6) is 0 Å². The van der Waals surface area contributed by atoms with E-state index in [1.54, 1.807) is 6.07 Å². The Hall–Kier alpha value is -0.400. The predicted octanol–water partition coefficient (Wildman–Crippen LogP) is 4.59. The van der Waals surface area contributed by atoms with Gasteiger partial charge in [-0.05, 0) is 43.4 Å². The summed E-state index contributed by atoms with van der Waals surface area (Å²) in [5.74, 6) is 0.835.